The van der Waals surface area contributed by atoms with Crippen LogP contribution in [0.2, 0.25) is 0 Å². The molecule has 1 rings (SSSR count). The predicted octanol–water partition coefficient (Wildman–Crippen LogP) is 4.47. The molecule has 0 spiro atoms. The second-order valence-corrected chi connectivity index (χ2v) is 5.11. The maximum absolute atomic E-state index is 12.7. The Kier molecular flexibility index (Phi) is 7.18. The zero-order valence-electron chi connectivity index (χ0n) is 12.8. The molecule has 120 valence electrons. The summed E-state index contributed by atoms with van der Waals surface area (Å²) in [4.78, 5) is 0. The molecule has 3 unspecified atom stereocenters. The number of hydrogen-bond donors (Lipinski definition) is 1. The van der Waals surface area contributed by atoms with Crippen molar-refractivity contribution in [1.29, 1.82) is 0 Å². The van der Waals surface area contributed by atoms with Crippen LogP contribution in [0.25, 0.3) is 0 Å². The quantitative estimate of drug-likeness (QED) is 0.765. The van der Waals surface area contributed by atoms with Crippen molar-refractivity contribution in [3.05, 3.63) is 35.9 Å². The topological polar surface area (TPSA) is 21.3 Å². The molecular weight excluding hydrogens is 279 g/mol. The summed E-state index contributed by atoms with van der Waals surface area (Å²) in [6, 6.07) is 9.25. The number of hydrogen-bond acceptors (Lipinski definition) is 2. The fraction of sp³-hybridized carbons (Fsp3) is 0.625. The Hall–Kier alpha value is -1.07. The minimum Gasteiger partial charge on any atom is -0.364 e. The lowest BCUT2D eigenvalue weighted by Gasteiger charge is -2.31. The second-order valence-electron chi connectivity index (χ2n) is 5.11. The molecule has 0 saturated carbocycles. The van der Waals surface area contributed by atoms with E-state index in [2.05, 4.69) is 5.32 Å². The summed E-state index contributed by atoms with van der Waals surface area (Å²) in [5.41, 5.74) is 0.951. The minimum atomic E-state index is -4.33. The molecule has 1 N–H and O–H groups in total. The highest BCUT2D eigenvalue weighted by atomic mass is 19.4. The van der Waals surface area contributed by atoms with Crippen molar-refractivity contribution in [2.45, 2.75) is 58.0 Å². The van der Waals surface area contributed by atoms with Crippen LogP contribution in [0, 0.1) is 0 Å². The lowest BCUT2D eigenvalue weighted by molar-refractivity contribution is -0.230. The fourth-order valence-electron chi connectivity index (χ4n) is 2.17. The molecular formula is C16H24F3NO. The molecule has 0 fully saturated rings. The molecule has 0 aliphatic heterocycles. The first-order valence-corrected chi connectivity index (χ1v) is 7.40. The van der Waals surface area contributed by atoms with Crippen LogP contribution in [-0.2, 0) is 4.74 Å². The zero-order valence-corrected chi connectivity index (χ0v) is 12.8. The van der Waals surface area contributed by atoms with Gasteiger partial charge in [0, 0.05) is 0 Å². The molecule has 0 heterocycles. The van der Waals surface area contributed by atoms with Crippen LogP contribution in [0.1, 0.15) is 45.2 Å². The van der Waals surface area contributed by atoms with E-state index in [9.17, 15) is 13.2 Å². The molecule has 1 aromatic rings. The van der Waals surface area contributed by atoms with Crippen molar-refractivity contribution in [2.75, 3.05) is 6.54 Å². The summed E-state index contributed by atoms with van der Waals surface area (Å²) in [5.74, 6) is 0. The molecule has 0 amide bonds. The monoisotopic (exact) mass is 303 g/mol. The molecule has 3 atom stereocenters. The van der Waals surface area contributed by atoms with Gasteiger partial charge in [-0.2, -0.15) is 13.2 Å². The van der Waals surface area contributed by atoms with E-state index in [1.54, 1.807) is 0 Å². The minimum absolute atomic E-state index is 0.235. The van der Waals surface area contributed by atoms with Crippen LogP contribution < -0.4 is 5.32 Å². The third-order valence-corrected chi connectivity index (χ3v) is 3.39. The first-order valence-electron chi connectivity index (χ1n) is 7.40. The van der Waals surface area contributed by atoms with E-state index in [0.717, 1.165) is 25.5 Å². The number of halogens is 3. The first-order chi connectivity index (χ1) is 9.90. The Balaban J connectivity index is 2.88. The van der Waals surface area contributed by atoms with Crippen molar-refractivity contribution in [3.8, 4) is 0 Å². The summed E-state index contributed by atoms with van der Waals surface area (Å²) < 4.78 is 43.4. The van der Waals surface area contributed by atoms with Crippen LogP contribution in [0.15, 0.2) is 30.3 Å². The van der Waals surface area contributed by atoms with E-state index in [4.69, 9.17) is 4.74 Å². The molecule has 0 saturated heterocycles. The second kappa shape index (κ2) is 8.39. The van der Waals surface area contributed by atoms with Gasteiger partial charge >= 0.3 is 6.18 Å². The van der Waals surface area contributed by atoms with Crippen molar-refractivity contribution in [3.63, 3.8) is 0 Å². The van der Waals surface area contributed by atoms with E-state index >= 15 is 0 Å². The van der Waals surface area contributed by atoms with Crippen molar-refractivity contribution < 1.29 is 17.9 Å². The molecule has 21 heavy (non-hydrogen) atoms. The number of alkyl halides is 3. The van der Waals surface area contributed by atoms with Gasteiger partial charge in [0.2, 0.25) is 0 Å². The predicted molar refractivity (Wildman–Crippen MR) is 78.2 cm³/mol. The van der Waals surface area contributed by atoms with Crippen LogP contribution in [0.5, 0.6) is 0 Å². The summed E-state index contributed by atoms with van der Waals surface area (Å²) in [7, 11) is 0. The highest BCUT2D eigenvalue weighted by molar-refractivity contribution is 5.20. The van der Waals surface area contributed by atoms with Gasteiger partial charge in [-0.3, -0.25) is 0 Å². The molecule has 0 aliphatic carbocycles. The molecule has 5 heteroatoms. The largest absolute Gasteiger partial charge is 0.414 e. The lowest BCUT2D eigenvalue weighted by atomic mass is 9.99. The highest BCUT2D eigenvalue weighted by Crippen LogP contribution is 2.28. The first kappa shape index (κ1) is 18.0. The number of benzene rings is 1. The number of nitrogens with one attached hydrogen (secondary N) is 1. The van der Waals surface area contributed by atoms with Gasteiger partial charge in [-0.15, -0.1) is 0 Å². The van der Waals surface area contributed by atoms with Crippen LogP contribution in [0.3, 0.4) is 0 Å². The Morgan fingerprint density at radius 2 is 1.76 bits per heavy atom. The van der Waals surface area contributed by atoms with Gasteiger partial charge in [-0.25, -0.2) is 0 Å². The highest BCUT2D eigenvalue weighted by Gasteiger charge is 2.39. The standard InChI is InChI=1S/C16H24F3NO/c1-4-11-20-15(13-9-7-6-8-10-13)14(5-2)21-12(3)16(17,18)19/h6-10,12,14-15,20H,4-5,11H2,1-3H3. The summed E-state index contributed by atoms with van der Waals surface area (Å²) in [6.07, 6.45) is -5.20. The van der Waals surface area contributed by atoms with Gasteiger partial charge in [0.15, 0.2) is 6.10 Å². The Bertz CT molecular complexity index is 394. The van der Waals surface area contributed by atoms with E-state index in [1.807, 2.05) is 44.2 Å². The molecule has 0 bridgehead atoms. The Morgan fingerprint density at radius 1 is 1.14 bits per heavy atom. The van der Waals surface area contributed by atoms with E-state index in [0.29, 0.717) is 6.42 Å². The Morgan fingerprint density at radius 3 is 2.24 bits per heavy atom. The van der Waals surface area contributed by atoms with E-state index in [-0.39, 0.29) is 6.04 Å². The van der Waals surface area contributed by atoms with Crippen LogP contribution in [0.4, 0.5) is 13.2 Å². The van der Waals surface area contributed by atoms with Gasteiger partial charge in [-0.05, 0) is 31.9 Å². The SMILES string of the molecule is CCCNC(c1ccccc1)C(CC)OC(C)C(F)(F)F. The maximum atomic E-state index is 12.7. The summed E-state index contributed by atoms with van der Waals surface area (Å²) in [6.45, 7) is 5.66. The van der Waals surface area contributed by atoms with E-state index < -0.39 is 18.4 Å². The normalized spacial score (nSPS) is 16.5. The van der Waals surface area contributed by atoms with Crippen molar-refractivity contribution in [1.82, 2.24) is 5.32 Å². The fourth-order valence-corrected chi connectivity index (χ4v) is 2.17. The number of ether oxygens (including phenoxy) is 1. The average molecular weight is 303 g/mol. The van der Waals surface area contributed by atoms with Crippen molar-refractivity contribution in [2.24, 2.45) is 0 Å². The molecule has 2 nitrogen and oxygen atoms in total. The lowest BCUT2D eigenvalue weighted by Crippen LogP contribution is -2.40. The van der Waals surface area contributed by atoms with Gasteiger partial charge in [0.25, 0.3) is 0 Å². The van der Waals surface area contributed by atoms with Gasteiger partial charge in [-0.1, -0.05) is 44.2 Å². The molecule has 0 aliphatic rings. The Labute approximate surface area is 124 Å². The van der Waals surface area contributed by atoms with Crippen LogP contribution >= 0.6 is 0 Å². The van der Waals surface area contributed by atoms with Crippen molar-refractivity contribution >= 4 is 0 Å². The van der Waals surface area contributed by atoms with Crippen LogP contribution in [-0.4, -0.2) is 24.9 Å². The smallest absolute Gasteiger partial charge is 0.364 e. The third kappa shape index (κ3) is 5.67. The summed E-state index contributed by atoms with van der Waals surface area (Å²) in [5, 5.41) is 3.30. The molecule has 0 aromatic heterocycles. The van der Waals surface area contributed by atoms with Gasteiger partial charge in [0.1, 0.15) is 0 Å². The third-order valence-electron chi connectivity index (χ3n) is 3.39. The average Bonchev–Trinajstić information content (AvgIpc) is 2.46. The van der Waals surface area contributed by atoms with Gasteiger partial charge < -0.3 is 10.1 Å². The maximum Gasteiger partial charge on any atom is 0.414 e. The van der Waals surface area contributed by atoms with Gasteiger partial charge in [0.05, 0.1) is 12.1 Å². The zero-order chi connectivity index (χ0) is 15.9. The molecule has 0 radical (unpaired) electrons. The number of rotatable bonds is 8. The molecule has 1 aromatic carbocycles. The van der Waals surface area contributed by atoms with E-state index in [1.165, 1.54) is 0 Å². The summed E-state index contributed by atoms with van der Waals surface area (Å²) >= 11 is 0.